The molecule has 0 bridgehead atoms. The fourth-order valence-corrected chi connectivity index (χ4v) is 3.53. The third-order valence-electron chi connectivity index (χ3n) is 4.72. The predicted octanol–water partition coefficient (Wildman–Crippen LogP) is 3.17. The van der Waals surface area contributed by atoms with E-state index in [2.05, 4.69) is 18.2 Å². The van der Waals surface area contributed by atoms with Gasteiger partial charge < -0.3 is 10.5 Å². The summed E-state index contributed by atoms with van der Waals surface area (Å²) in [5.41, 5.74) is 9.19. The van der Waals surface area contributed by atoms with Gasteiger partial charge in [0.1, 0.15) is 5.75 Å². The molecule has 1 aromatic carbocycles. The first-order valence-corrected chi connectivity index (χ1v) is 7.30. The van der Waals surface area contributed by atoms with Crippen molar-refractivity contribution in [2.45, 2.75) is 50.4 Å². The second-order valence-corrected chi connectivity index (χ2v) is 5.82. The van der Waals surface area contributed by atoms with Crippen LogP contribution in [0.1, 0.15) is 49.7 Å². The SMILES string of the molecule is NCC1(c2ccc3c(c2)CCCO3)CCCCC1. The predicted molar refractivity (Wildman–Crippen MR) is 74.1 cm³/mol. The van der Waals surface area contributed by atoms with Crippen molar-refractivity contribution in [2.24, 2.45) is 5.73 Å². The molecule has 18 heavy (non-hydrogen) atoms. The van der Waals surface area contributed by atoms with Crippen LogP contribution in [-0.4, -0.2) is 13.2 Å². The maximum atomic E-state index is 6.12. The summed E-state index contributed by atoms with van der Waals surface area (Å²) in [6.45, 7) is 1.65. The number of fused-ring (bicyclic) bond motifs is 1. The standard InChI is InChI=1S/C16H23NO/c17-12-16(8-2-1-3-9-16)14-6-7-15-13(11-14)5-4-10-18-15/h6-7,11H,1-5,8-10,12,17H2. The van der Waals surface area contributed by atoms with Gasteiger partial charge in [-0.05, 0) is 42.9 Å². The Balaban J connectivity index is 1.94. The van der Waals surface area contributed by atoms with Crippen LogP contribution in [0.2, 0.25) is 0 Å². The number of hydrogen-bond acceptors (Lipinski definition) is 2. The molecule has 2 heteroatoms. The lowest BCUT2D eigenvalue weighted by atomic mass is 9.69. The molecule has 0 amide bonds. The van der Waals surface area contributed by atoms with Crippen LogP contribution in [0.15, 0.2) is 18.2 Å². The van der Waals surface area contributed by atoms with Gasteiger partial charge in [0, 0.05) is 12.0 Å². The normalized spacial score (nSPS) is 22.1. The molecule has 98 valence electrons. The second-order valence-electron chi connectivity index (χ2n) is 5.82. The van der Waals surface area contributed by atoms with Crippen LogP contribution < -0.4 is 10.5 Å². The highest BCUT2D eigenvalue weighted by molar-refractivity contribution is 5.41. The van der Waals surface area contributed by atoms with E-state index in [1.807, 2.05) is 0 Å². The van der Waals surface area contributed by atoms with Gasteiger partial charge in [0.05, 0.1) is 6.61 Å². The molecule has 2 N–H and O–H groups in total. The van der Waals surface area contributed by atoms with Crippen molar-refractivity contribution in [3.05, 3.63) is 29.3 Å². The number of nitrogens with two attached hydrogens (primary N) is 1. The zero-order chi connectivity index (χ0) is 12.4. The van der Waals surface area contributed by atoms with Crippen LogP contribution in [0.4, 0.5) is 0 Å². The van der Waals surface area contributed by atoms with Gasteiger partial charge in [-0.1, -0.05) is 31.4 Å². The smallest absolute Gasteiger partial charge is 0.122 e. The van der Waals surface area contributed by atoms with Gasteiger partial charge in [-0.2, -0.15) is 0 Å². The Morgan fingerprint density at radius 2 is 1.94 bits per heavy atom. The van der Waals surface area contributed by atoms with E-state index in [-0.39, 0.29) is 5.41 Å². The molecule has 1 aromatic rings. The maximum absolute atomic E-state index is 6.12. The maximum Gasteiger partial charge on any atom is 0.122 e. The Hall–Kier alpha value is -1.02. The average molecular weight is 245 g/mol. The summed E-state index contributed by atoms with van der Waals surface area (Å²) in [7, 11) is 0. The van der Waals surface area contributed by atoms with E-state index in [4.69, 9.17) is 10.5 Å². The molecule has 0 spiro atoms. The number of benzene rings is 1. The van der Waals surface area contributed by atoms with E-state index >= 15 is 0 Å². The highest BCUT2D eigenvalue weighted by Gasteiger charge is 2.33. The summed E-state index contributed by atoms with van der Waals surface area (Å²) in [5.74, 6) is 1.09. The third kappa shape index (κ3) is 2.03. The first kappa shape index (κ1) is 12.0. The largest absolute Gasteiger partial charge is 0.493 e. The molecule has 2 aliphatic rings. The molecule has 1 aliphatic carbocycles. The van der Waals surface area contributed by atoms with Crippen molar-refractivity contribution in [2.75, 3.05) is 13.2 Å². The first-order chi connectivity index (χ1) is 8.84. The quantitative estimate of drug-likeness (QED) is 0.868. The number of rotatable bonds is 2. The molecule has 0 radical (unpaired) electrons. The monoisotopic (exact) mass is 245 g/mol. The molecule has 1 aliphatic heterocycles. The highest BCUT2D eigenvalue weighted by Crippen LogP contribution is 2.40. The fourth-order valence-electron chi connectivity index (χ4n) is 3.53. The van der Waals surface area contributed by atoms with E-state index in [1.165, 1.54) is 43.2 Å². The van der Waals surface area contributed by atoms with Crippen molar-refractivity contribution in [1.82, 2.24) is 0 Å². The molecule has 0 atom stereocenters. The van der Waals surface area contributed by atoms with Gasteiger partial charge in [0.15, 0.2) is 0 Å². The fraction of sp³-hybridized carbons (Fsp3) is 0.625. The van der Waals surface area contributed by atoms with Gasteiger partial charge in [-0.15, -0.1) is 0 Å². The van der Waals surface area contributed by atoms with Crippen LogP contribution in [0.3, 0.4) is 0 Å². The van der Waals surface area contributed by atoms with E-state index in [9.17, 15) is 0 Å². The summed E-state index contributed by atoms with van der Waals surface area (Å²) in [6, 6.07) is 6.78. The summed E-state index contributed by atoms with van der Waals surface area (Å²) < 4.78 is 5.70. The van der Waals surface area contributed by atoms with Crippen LogP contribution in [0.25, 0.3) is 0 Å². The van der Waals surface area contributed by atoms with Gasteiger partial charge in [0.25, 0.3) is 0 Å². The number of aryl methyl sites for hydroxylation is 1. The van der Waals surface area contributed by atoms with Crippen molar-refractivity contribution in [3.63, 3.8) is 0 Å². The van der Waals surface area contributed by atoms with E-state index in [0.29, 0.717) is 0 Å². The Bertz CT molecular complexity index is 421. The second kappa shape index (κ2) is 4.93. The lowest BCUT2D eigenvalue weighted by Gasteiger charge is -2.37. The molecular formula is C16H23NO. The van der Waals surface area contributed by atoms with E-state index < -0.39 is 0 Å². The van der Waals surface area contributed by atoms with Gasteiger partial charge >= 0.3 is 0 Å². The van der Waals surface area contributed by atoms with Crippen LogP contribution in [-0.2, 0) is 11.8 Å². The molecular weight excluding hydrogens is 222 g/mol. The van der Waals surface area contributed by atoms with Crippen LogP contribution in [0, 0.1) is 0 Å². The Kier molecular flexibility index (Phi) is 3.29. The zero-order valence-corrected chi connectivity index (χ0v) is 11.1. The van der Waals surface area contributed by atoms with Gasteiger partial charge in [-0.25, -0.2) is 0 Å². The summed E-state index contributed by atoms with van der Waals surface area (Å²) in [5, 5.41) is 0. The molecule has 1 saturated carbocycles. The summed E-state index contributed by atoms with van der Waals surface area (Å²) >= 11 is 0. The first-order valence-electron chi connectivity index (χ1n) is 7.30. The molecule has 0 saturated heterocycles. The third-order valence-corrected chi connectivity index (χ3v) is 4.72. The zero-order valence-electron chi connectivity index (χ0n) is 11.1. The van der Waals surface area contributed by atoms with Gasteiger partial charge in [-0.3, -0.25) is 0 Å². The highest BCUT2D eigenvalue weighted by atomic mass is 16.5. The summed E-state index contributed by atoms with van der Waals surface area (Å²) in [6.07, 6.45) is 8.83. The lowest BCUT2D eigenvalue weighted by Crippen LogP contribution is -2.37. The van der Waals surface area contributed by atoms with Crippen LogP contribution >= 0.6 is 0 Å². The molecule has 1 fully saturated rings. The Morgan fingerprint density at radius 1 is 1.11 bits per heavy atom. The number of hydrogen-bond donors (Lipinski definition) is 1. The minimum absolute atomic E-state index is 0.241. The minimum atomic E-state index is 0.241. The van der Waals surface area contributed by atoms with Crippen molar-refractivity contribution < 1.29 is 4.74 Å². The van der Waals surface area contributed by atoms with Crippen molar-refractivity contribution >= 4 is 0 Å². The topological polar surface area (TPSA) is 35.2 Å². The van der Waals surface area contributed by atoms with E-state index in [1.54, 1.807) is 0 Å². The average Bonchev–Trinajstić information content (AvgIpc) is 2.47. The minimum Gasteiger partial charge on any atom is -0.493 e. The van der Waals surface area contributed by atoms with Crippen molar-refractivity contribution in [3.8, 4) is 5.75 Å². The molecule has 0 unspecified atom stereocenters. The molecule has 0 aromatic heterocycles. The lowest BCUT2D eigenvalue weighted by molar-refractivity contribution is 0.283. The molecule has 3 rings (SSSR count). The summed E-state index contributed by atoms with van der Waals surface area (Å²) in [4.78, 5) is 0. The Morgan fingerprint density at radius 3 is 2.72 bits per heavy atom. The van der Waals surface area contributed by atoms with E-state index in [0.717, 1.165) is 31.7 Å². The van der Waals surface area contributed by atoms with Crippen molar-refractivity contribution in [1.29, 1.82) is 0 Å². The Labute approximate surface area is 110 Å². The number of ether oxygens (including phenoxy) is 1. The molecule has 2 nitrogen and oxygen atoms in total. The van der Waals surface area contributed by atoms with Crippen LogP contribution in [0.5, 0.6) is 5.75 Å². The molecule has 1 heterocycles. The van der Waals surface area contributed by atoms with Gasteiger partial charge in [0.2, 0.25) is 0 Å².